The number of hydrogen-bond donors (Lipinski definition) is 1. The highest BCUT2D eigenvalue weighted by atomic mass is 32.2. The first-order valence-electron chi connectivity index (χ1n) is 6.18. The number of nitrogens with one attached hydrogen (secondary N) is 1. The molecule has 0 saturated heterocycles. The monoisotopic (exact) mass is 226 g/mol. The second-order valence-electron chi connectivity index (χ2n) is 5.18. The van der Waals surface area contributed by atoms with E-state index in [1.807, 2.05) is 11.8 Å². The second-order valence-corrected chi connectivity index (χ2v) is 6.18. The van der Waals surface area contributed by atoms with Gasteiger partial charge in [-0.3, -0.25) is 4.99 Å². The van der Waals surface area contributed by atoms with Gasteiger partial charge in [0.1, 0.15) is 0 Å². The molecule has 1 saturated carbocycles. The first-order valence-corrected chi connectivity index (χ1v) is 7.16. The molecule has 1 N–H and O–H groups in total. The molecule has 2 aliphatic rings. The fraction of sp³-hybridized carbons (Fsp3) is 0.917. The molecule has 1 heterocycles. The van der Waals surface area contributed by atoms with Gasteiger partial charge in [-0.05, 0) is 24.7 Å². The van der Waals surface area contributed by atoms with E-state index < -0.39 is 0 Å². The van der Waals surface area contributed by atoms with Gasteiger partial charge in [-0.2, -0.15) is 0 Å². The highest BCUT2D eigenvalue weighted by Crippen LogP contribution is 2.25. The molecule has 0 amide bonds. The van der Waals surface area contributed by atoms with Crippen molar-refractivity contribution in [3.63, 3.8) is 0 Å². The van der Waals surface area contributed by atoms with E-state index in [9.17, 15) is 0 Å². The van der Waals surface area contributed by atoms with Crippen LogP contribution in [0.25, 0.3) is 0 Å². The third-order valence-electron chi connectivity index (χ3n) is 3.32. The van der Waals surface area contributed by atoms with Crippen LogP contribution in [-0.2, 0) is 0 Å². The van der Waals surface area contributed by atoms with Gasteiger partial charge >= 0.3 is 0 Å². The van der Waals surface area contributed by atoms with Gasteiger partial charge in [-0.15, -0.1) is 0 Å². The van der Waals surface area contributed by atoms with E-state index in [-0.39, 0.29) is 0 Å². The Morgan fingerprint density at radius 2 is 2.13 bits per heavy atom. The maximum absolute atomic E-state index is 4.60. The third-order valence-corrected chi connectivity index (χ3v) is 4.57. The SMILES string of the molecule is CC1CN=C(NC2CCCC(C)C2)SC1. The van der Waals surface area contributed by atoms with Crippen molar-refractivity contribution < 1.29 is 0 Å². The summed E-state index contributed by atoms with van der Waals surface area (Å²) >= 11 is 1.91. The van der Waals surface area contributed by atoms with Crippen molar-refractivity contribution in [3.05, 3.63) is 0 Å². The molecule has 3 heteroatoms. The third kappa shape index (κ3) is 3.40. The first kappa shape index (κ1) is 11.3. The summed E-state index contributed by atoms with van der Waals surface area (Å²) in [6.45, 7) is 5.65. The molecular formula is C12H22N2S. The molecule has 3 unspecified atom stereocenters. The van der Waals surface area contributed by atoms with E-state index in [2.05, 4.69) is 24.2 Å². The number of nitrogens with zero attached hydrogens (tertiary/aromatic N) is 1. The van der Waals surface area contributed by atoms with Crippen molar-refractivity contribution in [1.82, 2.24) is 5.32 Å². The molecule has 0 spiro atoms. The van der Waals surface area contributed by atoms with Gasteiger partial charge in [0.25, 0.3) is 0 Å². The van der Waals surface area contributed by atoms with Crippen LogP contribution in [0.3, 0.4) is 0 Å². The highest BCUT2D eigenvalue weighted by Gasteiger charge is 2.21. The summed E-state index contributed by atoms with van der Waals surface area (Å²) in [4.78, 5) is 4.60. The lowest BCUT2D eigenvalue weighted by molar-refractivity contribution is 0.327. The van der Waals surface area contributed by atoms with Crippen molar-refractivity contribution >= 4 is 16.9 Å². The summed E-state index contributed by atoms with van der Waals surface area (Å²) < 4.78 is 0. The van der Waals surface area contributed by atoms with Gasteiger partial charge in [0.05, 0.1) is 0 Å². The molecule has 2 nitrogen and oxygen atoms in total. The molecule has 86 valence electrons. The summed E-state index contributed by atoms with van der Waals surface area (Å²) in [7, 11) is 0. The standard InChI is InChI=1S/C12H22N2S/c1-9-4-3-5-11(6-9)14-12-13-7-10(2)8-15-12/h9-11H,3-8H2,1-2H3,(H,13,14). The van der Waals surface area contributed by atoms with Crippen molar-refractivity contribution in [2.24, 2.45) is 16.8 Å². The summed E-state index contributed by atoms with van der Waals surface area (Å²) in [6.07, 6.45) is 5.45. The Morgan fingerprint density at radius 3 is 2.80 bits per heavy atom. The van der Waals surface area contributed by atoms with Crippen molar-refractivity contribution in [2.75, 3.05) is 12.3 Å². The van der Waals surface area contributed by atoms with Crippen LogP contribution in [0.4, 0.5) is 0 Å². The zero-order valence-corrected chi connectivity index (χ0v) is 10.6. The maximum Gasteiger partial charge on any atom is 0.156 e. The average molecular weight is 226 g/mol. The fourth-order valence-corrected chi connectivity index (χ4v) is 3.35. The Kier molecular flexibility index (Phi) is 3.95. The van der Waals surface area contributed by atoms with E-state index in [1.165, 1.54) is 36.6 Å². The molecular weight excluding hydrogens is 204 g/mol. The Bertz CT molecular complexity index is 240. The minimum atomic E-state index is 0.688. The largest absolute Gasteiger partial charge is 0.362 e. The van der Waals surface area contributed by atoms with Gasteiger partial charge in [-0.1, -0.05) is 38.5 Å². The Hall–Kier alpha value is -0.180. The van der Waals surface area contributed by atoms with E-state index in [4.69, 9.17) is 0 Å². The van der Waals surface area contributed by atoms with E-state index in [1.54, 1.807) is 0 Å². The van der Waals surface area contributed by atoms with Crippen molar-refractivity contribution in [3.8, 4) is 0 Å². The predicted octanol–water partition coefficient (Wildman–Crippen LogP) is 2.89. The van der Waals surface area contributed by atoms with Crippen LogP contribution in [0.15, 0.2) is 4.99 Å². The van der Waals surface area contributed by atoms with Gasteiger partial charge < -0.3 is 5.32 Å². The van der Waals surface area contributed by atoms with Gasteiger partial charge in [0.2, 0.25) is 0 Å². The predicted molar refractivity (Wildman–Crippen MR) is 68.5 cm³/mol. The quantitative estimate of drug-likeness (QED) is 0.743. The molecule has 0 aromatic carbocycles. The zero-order chi connectivity index (χ0) is 10.7. The summed E-state index contributed by atoms with van der Waals surface area (Å²) in [5, 5.41) is 4.82. The van der Waals surface area contributed by atoms with Gasteiger partial charge in [0, 0.05) is 18.3 Å². The summed E-state index contributed by atoms with van der Waals surface area (Å²) in [5.74, 6) is 2.88. The van der Waals surface area contributed by atoms with Crippen LogP contribution in [-0.4, -0.2) is 23.5 Å². The molecule has 0 radical (unpaired) electrons. The van der Waals surface area contributed by atoms with Crippen molar-refractivity contribution in [2.45, 2.75) is 45.6 Å². The molecule has 1 aliphatic heterocycles. The second kappa shape index (κ2) is 5.24. The molecule has 1 aliphatic carbocycles. The first-order chi connectivity index (χ1) is 7.24. The van der Waals surface area contributed by atoms with E-state index >= 15 is 0 Å². The number of thioether (sulfide) groups is 1. The zero-order valence-electron chi connectivity index (χ0n) is 9.83. The Balaban J connectivity index is 1.81. The van der Waals surface area contributed by atoms with Crippen LogP contribution >= 0.6 is 11.8 Å². The van der Waals surface area contributed by atoms with Crippen LogP contribution in [0.2, 0.25) is 0 Å². The molecule has 0 aromatic heterocycles. The number of hydrogen-bond acceptors (Lipinski definition) is 3. The topological polar surface area (TPSA) is 24.4 Å². The van der Waals surface area contributed by atoms with Crippen molar-refractivity contribution in [1.29, 1.82) is 0 Å². The molecule has 2 rings (SSSR count). The lowest BCUT2D eigenvalue weighted by Gasteiger charge is -2.29. The summed E-state index contributed by atoms with van der Waals surface area (Å²) in [5.41, 5.74) is 0. The van der Waals surface area contributed by atoms with Gasteiger partial charge in [-0.25, -0.2) is 0 Å². The van der Waals surface area contributed by atoms with Crippen LogP contribution in [0.5, 0.6) is 0 Å². The fourth-order valence-electron chi connectivity index (χ4n) is 2.39. The van der Waals surface area contributed by atoms with E-state index in [0.717, 1.165) is 18.4 Å². The minimum absolute atomic E-state index is 0.688. The normalized spacial score (nSPS) is 37.2. The highest BCUT2D eigenvalue weighted by molar-refractivity contribution is 8.13. The van der Waals surface area contributed by atoms with Crippen LogP contribution in [0.1, 0.15) is 39.5 Å². The van der Waals surface area contributed by atoms with Crippen LogP contribution < -0.4 is 5.32 Å². The molecule has 1 fully saturated rings. The lowest BCUT2D eigenvalue weighted by atomic mass is 9.87. The maximum atomic E-state index is 4.60. The summed E-state index contributed by atoms with van der Waals surface area (Å²) in [6, 6.07) is 0.688. The van der Waals surface area contributed by atoms with E-state index in [0.29, 0.717) is 6.04 Å². The molecule has 3 atom stereocenters. The molecule has 0 aromatic rings. The lowest BCUT2D eigenvalue weighted by Crippen LogP contribution is -2.38. The minimum Gasteiger partial charge on any atom is -0.362 e. The average Bonchev–Trinajstić information content (AvgIpc) is 2.22. The number of amidine groups is 1. The smallest absolute Gasteiger partial charge is 0.156 e. The molecule has 0 bridgehead atoms. The Labute approximate surface area is 97.3 Å². The Morgan fingerprint density at radius 1 is 1.27 bits per heavy atom. The molecule has 15 heavy (non-hydrogen) atoms. The number of aliphatic imine (C=N–C) groups is 1. The number of rotatable bonds is 1. The van der Waals surface area contributed by atoms with Crippen LogP contribution in [0, 0.1) is 11.8 Å². The van der Waals surface area contributed by atoms with Gasteiger partial charge in [0.15, 0.2) is 5.17 Å².